The Morgan fingerprint density at radius 2 is 2.19 bits per heavy atom. The number of H-pyrrole nitrogens is 1. The van der Waals surface area contributed by atoms with Gasteiger partial charge in [0, 0.05) is 11.1 Å². The van der Waals surface area contributed by atoms with Gasteiger partial charge in [-0.2, -0.15) is 0 Å². The molecule has 2 heterocycles. The zero-order valence-electron chi connectivity index (χ0n) is 11.4. The molecule has 2 N–H and O–H groups in total. The van der Waals surface area contributed by atoms with Crippen molar-refractivity contribution in [3.05, 3.63) is 62.5 Å². The van der Waals surface area contributed by atoms with E-state index in [1.54, 1.807) is 0 Å². The maximum atomic E-state index is 11.9. The highest BCUT2D eigenvalue weighted by atomic mass is 35.5. The number of halogens is 1. The number of aromatic nitrogens is 2. The van der Waals surface area contributed by atoms with Gasteiger partial charge in [-0.15, -0.1) is 11.3 Å². The van der Waals surface area contributed by atoms with E-state index in [9.17, 15) is 4.79 Å². The molecule has 0 fully saturated rings. The van der Waals surface area contributed by atoms with Crippen LogP contribution in [0.15, 0.2) is 40.5 Å². The number of nitrogens with zero attached hydrogens (tertiary/aromatic N) is 1. The number of rotatable bonds is 4. The lowest BCUT2D eigenvalue weighted by molar-refractivity contribution is 0.560. The van der Waals surface area contributed by atoms with Gasteiger partial charge >= 0.3 is 0 Å². The van der Waals surface area contributed by atoms with Crippen LogP contribution in [0.4, 0.5) is 0 Å². The summed E-state index contributed by atoms with van der Waals surface area (Å²) >= 11 is 7.58. The van der Waals surface area contributed by atoms with E-state index in [0.717, 1.165) is 16.1 Å². The van der Waals surface area contributed by atoms with Crippen LogP contribution in [0, 0.1) is 0 Å². The molecule has 0 spiro atoms. The molecule has 2 aromatic heterocycles. The van der Waals surface area contributed by atoms with E-state index in [1.165, 1.54) is 11.3 Å². The Bertz CT molecular complexity index is 827. The number of hydrogen-bond acceptors (Lipinski definition) is 4. The molecule has 0 saturated heterocycles. The molecule has 0 saturated carbocycles. The van der Waals surface area contributed by atoms with E-state index in [4.69, 9.17) is 11.6 Å². The van der Waals surface area contributed by atoms with Crippen molar-refractivity contribution in [1.29, 1.82) is 0 Å². The molecule has 0 bridgehead atoms. The van der Waals surface area contributed by atoms with E-state index in [2.05, 4.69) is 15.3 Å². The lowest BCUT2D eigenvalue weighted by Crippen LogP contribution is -2.22. The minimum absolute atomic E-state index is 0.0715. The lowest BCUT2D eigenvalue weighted by Gasteiger charge is -2.15. The molecule has 6 heteroatoms. The van der Waals surface area contributed by atoms with Crippen molar-refractivity contribution in [3.63, 3.8) is 0 Å². The molecule has 108 valence electrons. The molecule has 3 rings (SSSR count). The third-order valence-corrected chi connectivity index (χ3v) is 4.56. The molecule has 0 radical (unpaired) electrons. The number of aromatic amines is 1. The normalized spacial score (nSPS) is 12.7. The molecule has 0 aliphatic heterocycles. The Morgan fingerprint density at radius 1 is 1.38 bits per heavy atom. The minimum atomic E-state index is -0.0859. The first-order valence-corrected chi connectivity index (χ1v) is 7.85. The van der Waals surface area contributed by atoms with Crippen molar-refractivity contribution in [2.45, 2.75) is 19.5 Å². The predicted octanol–water partition coefficient (Wildman–Crippen LogP) is 3.49. The standard InChI is InChI=1S/C15H14ClN3OS/c1-9(10-4-2-3-5-11(10)16)17-8-13-18-12-6-7-21-14(12)15(20)19-13/h2-7,9,17H,8H2,1H3,(H,18,19,20)/t9-/m0/s1. The van der Waals surface area contributed by atoms with Gasteiger partial charge < -0.3 is 10.3 Å². The largest absolute Gasteiger partial charge is 0.308 e. The average Bonchev–Trinajstić information content (AvgIpc) is 2.94. The van der Waals surface area contributed by atoms with E-state index in [1.807, 2.05) is 42.6 Å². The first kappa shape index (κ1) is 14.3. The molecule has 4 nitrogen and oxygen atoms in total. The van der Waals surface area contributed by atoms with Crippen LogP contribution in [-0.4, -0.2) is 9.97 Å². The van der Waals surface area contributed by atoms with Crippen LogP contribution < -0.4 is 10.9 Å². The highest BCUT2D eigenvalue weighted by Crippen LogP contribution is 2.22. The first-order valence-electron chi connectivity index (χ1n) is 6.59. The van der Waals surface area contributed by atoms with Crippen molar-refractivity contribution in [3.8, 4) is 0 Å². The number of nitrogens with one attached hydrogen (secondary N) is 2. The second-order valence-corrected chi connectivity index (χ2v) is 6.10. The van der Waals surface area contributed by atoms with Crippen molar-refractivity contribution >= 4 is 33.2 Å². The van der Waals surface area contributed by atoms with Crippen molar-refractivity contribution in [1.82, 2.24) is 15.3 Å². The molecule has 0 unspecified atom stereocenters. The summed E-state index contributed by atoms with van der Waals surface area (Å²) in [5, 5.41) is 5.93. The highest BCUT2D eigenvalue weighted by molar-refractivity contribution is 7.17. The topological polar surface area (TPSA) is 57.8 Å². The van der Waals surface area contributed by atoms with Crippen LogP contribution in [0.1, 0.15) is 24.4 Å². The van der Waals surface area contributed by atoms with Crippen LogP contribution in [0.5, 0.6) is 0 Å². The summed E-state index contributed by atoms with van der Waals surface area (Å²) in [6.07, 6.45) is 0. The molecule has 1 atom stereocenters. The fraction of sp³-hybridized carbons (Fsp3) is 0.200. The van der Waals surface area contributed by atoms with Crippen LogP contribution in [0.2, 0.25) is 5.02 Å². The maximum absolute atomic E-state index is 11.9. The third-order valence-electron chi connectivity index (χ3n) is 3.31. The van der Waals surface area contributed by atoms with Gasteiger partial charge in [-0.1, -0.05) is 29.8 Å². The third kappa shape index (κ3) is 3.00. The zero-order valence-corrected chi connectivity index (χ0v) is 13.0. The van der Waals surface area contributed by atoms with Gasteiger partial charge in [0.15, 0.2) is 0 Å². The van der Waals surface area contributed by atoms with Crippen LogP contribution in [0.25, 0.3) is 10.2 Å². The Hall–Kier alpha value is -1.69. The minimum Gasteiger partial charge on any atom is -0.308 e. The first-order chi connectivity index (χ1) is 10.1. The van der Waals surface area contributed by atoms with Crippen molar-refractivity contribution < 1.29 is 0 Å². The van der Waals surface area contributed by atoms with E-state index < -0.39 is 0 Å². The molecular weight excluding hydrogens is 306 g/mol. The Morgan fingerprint density at radius 3 is 3.00 bits per heavy atom. The second kappa shape index (κ2) is 5.97. The fourth-order valence-electron chi connectivity index (χ4n) is 2.19. The molecule has 1 aromatic carbocycles. The molecule has 3 aromatic rings. The maximum Gasteiger partial charge on any atom is 0.268 e. The van der Waals surface area contributed by atoms with Gasteiger partial charge in [0.05, 0.1) is 12.1 Å². The monoisotopic (exact) mass is 319 g/mol. The lowest BCUT2D eigenvalue weighted by atomic mass is 10.1. The van der Waals surface area contributed by atoms with Crippen molar-refractivity contribution in [2.24, 2.45) is 0 Å². The second-order valence-electron chi connectivity index (χ2n) is 4.77. The van der Waals surface area contributed by atoms with Gasteiger partial charge in [-0.25, -0.2) is 4.98 Å². The Balaban J connectivity index is 1.77. The number of fused-ring (bicyclic) bond motifs is 1. The quantitative estimate of drug-likeness (QED) is 0.774. The van der Waals surface area contributed by atoms with Crippen molar-refractivity contribution in [2.75, 3.05) is 0 Å². The smallest absolute Gasteiger partial charge is 0.268 e. The summed E-state index contributed by atoms with van der Waals surface area (Å²) in [6.45, 7) is 2.51. The van der Waals surface area contributed by atoms with Crippen LogP contribution >= 0.6 is 22.9 Å². The molecule has 0 aliphatic carbocycles. The van der Waals surface area contributed by atoms with Gasteiger partial charge in [0.1, 0.15) is 10.5 Å². The van der Waals surface area contributed by atoms with Gasteiger partial charge in [-0.3, -0.25) is 4.79 Å². The summed E-state index contributed by atoms with van der Waals surface area (Å²) < 4.78 is 0.665. The van der Waals surface area contributed by atoms with Gasteiger partial charge in [0.2, 0.25) is 0 Å². The zero-order chi connectivity index (χ0) is 14.8. The summed E-state index contributed by atoms with van der Waals surface area (Å²) in [5.74, 6) is 0.629. The number of benzene rings is 1. The highest BCUT2D eigenvalue weighted by Gasteiger charge is 2.10. The average molecular weight is 320 g/mol. The number of thiophene rings is 1. The SMILES string of the molecule is C[C@H](NCc1nc2ccsc2c(=O)[nH]1)c1ccccc1Cl. The van der Waals surface area contributed by atoms with Gasteiger partial charge in [-0.05, 0) is 30.0 Å². The fourth-order valence-corrected chi connectivity index (χ4v) is 3.22. The summed E-state index contributed by atoms with van der Waals surface area (Å²) in [5.41, 5.74) is 1.68. The molecule has 21 heavy (non-hydrogen) atoms. The summed E-state index contributed by atoms with van der Waals surface area (Å²) in [6, 6.07) is 9.64. The molecular formula is C15H14ClN3OS. The molecule has 0 aliphatic rings. The predicted molar refractivity (Wildman–Crippen MR) is 86.9 cm³/mol. The van der Waals surface area contributed by atoms with Crippen LogP contribution in [0.3, 0.4) is 0 Å². The Labute approximate surface area is 130 Å². The summed E-state index contributed by atoms with van der Waals surface area (Å²) in [4.78, 5) is 19.1. The van der Waals surface area contributed by atoms with Gasteiger partial charge in [0.25, 0.3) is 5.56 Å². The molecule has 0 amide bonds. The van der Waals surface area contributed by atoms with Crippen LogP contribution in [-0.2, 0) is 6.54 Å². The number of hydrogen-bond donors (Lipinski definition) is 2. The summed E-state index contributed by atoms with van der Waals surface area (Å²) in [7, 11) is 0. The Kier molecular flexibility index (Phi) is 4.05. The van der Waals surface area contributed by atoms with E-state index in [0.29, 0.717) is 17.1 Å². The van der Waals surface area contributed by atoms with E-state index >= 15 is 0 Å². The van der Waals surface area contributed by atoms with E-state index in [-0.39, 0.29) is 11.6 Å².